The fourth-order valence-electron chi connectivity index (χ4n) is 1.72. The van der Waals surface area contributed by atoms with Crippen molar-refractivity contribution in [1.29, 1.82) is 0 Å². The minimum absolute atomic E-state index is 0.0220. The number of para-hydroxylation sites is 1. The lowest BCUT2D eigenvalue weighted by Crippen LogP contribution is -2.03. The monoisotopic (exact) mass is 201 g/mol. The number of aromatic nitrogens is 1. The molecule has 3 heteroatoms. The van der Waals surface area contributed by atoms with Crippen LogP contribution in [0.4, 0.5) is 0 Å². The summed E-state index contributed by atoms with van der Waals surface area (Å²) < 4.78 is 1.51. The summed E-state index contributed by atoms with van der Waals surface area (Å²) in [6.45, 7) is 2.99. The lowest BCUT2D eigenvalue weighted by molar-refractivity contribution is 0.0941. The zero-order chi connectivity index (χ0) is 11.0. The van der Waals surface area contributed by atoms with Gasteiger partial charge in [0.15, 0.2) is 5.78 Å². The number of hydrogen-bond acceptors (Lipinski definition) is 2. The molecule has 2 aromatic rings. The first-order chi connectivity index (χ1) is 7.11. The highest BCUT2D eigenvalue weighted by Crippen LogP contribution is 2.21. The van der Waals surface area contributed by atoms with E-state index in [0.29, 0.717) is 5.56 Å². The molecule has 1 heterocycles. The van der Waals surface area contributed by atoms with Gasteiger partial charge in [-0.2, -0.15) is 0 Å². The van der Waals surface area contributed by atoms with Crippen LogP contribution in [0.25, 0.3) is 10.9 Å². The zero-order valence-corrected chi connectivity index (χ0v) is 8.65. The van der Waals surface area contributed by atoms with E-state index in [9.17, 15) is 9.59 Å². The first-order valence-electron chi connectivity index (χ1n) is 4.73. The molecule has 1 aromatic carbocycles. The van der Waals surface area contributed by atoms with Gasteiger partial charge in [-0.05, 0) is 13.0 Å². The minimum Gasteiger partial charge on any atom is -0.294 e. The number of hydrogen-bond donors (Lipinski definition) is 0. The van der Waals surface area contributed by atoms with E-state index < -0.39 is 0 Å². The van der Waals surface area contributed by atoms with Crippen molar-refractivity contribution in [2.24, 2.45) is 0 Å². The SMILES string of the molecule is CC(=O)c1cn(C(C)=O)c2ccccc12. The quantitative estimate of drug-likeness (QED) is 0.665. The van der Waals surface area contributed by atoms with Crippen molar-refractivity contribution in [3.63, 3.8) is 0 Å². The van der Waals surface area contributed by atoms with Gasteiger partial charge in [-0.25, -0.2) is 0 Å². The first kappa shape index (κ1) is 9.65. The molecule has 1 aromatic heterocycles. The Morgan fingerprint density at radius 1 is 1.13 bits per heavy atom. The van der Waals surface area contributed by atoms with E-state index in [1.807, 2.05) is 24.3 Å². The highest BCUT2D eigenvalue weighted by atomic mass is 16.1. The molecule has 0 unspecified atom stereocenters. The van der Waals surface area contributed by atoms with Gasteiger partial charge in [-0.1, -0.05) is 18.2 Å². The average Bonchev–Trinajstić information content (AvgIpc) is 2.56. The molecular weight excluding hydrogens is 190 g/mol. The molecule has 0 fully saturated rings. The largest absolute Gasteiger partial charge is 0.294 e. The maximum Gasteiger partial charge on any atom is 0.227 e. The molecule has 0 bridgehead atoms. The maximum absolute atomic E-state index is 11.4. The van der Waals surface area contributed by atoms with Crippen LogP contribution in [0.5, 0.6) is 0 Å². The molecule has 76 valence electrons. The molecule has 0 aliphatic heterocycles. The molecule has 0 atom stereocenters. The van der Waals surface area contributed by atoms with Gasteiger partial charge in [0.1, 0.15) is 0 Å². The lowest BCUT2D eigenvalue weighted by Gasteiger charge is -1.96. The van der Waals surface area contributed by atoms with Gasteiger partial charge >= 0.3 is 0 Å². The molecule has 0 saturated carbocycles. The van der Waals surface area contributed by atoms with E-state index in [1.54, 1.807) is 6.20 Å². The van der Waals surface area contributed by atoms with Gasteiger partial charge in [0.2, 0.25) is 5.91 Å². The average molecular weight is 201 g/mol. The van der Waals surface area contributed by atoms with Gasteiger partial charge in [-0.15, -0.1) is 0 Å². The van der Waals surface area contributed by atoms with E-state index >= 15 is 0 Å². The fraction of sp³-hybridized carbons (Fsp3) is 0.167. The molecule has 0 spiro atoms. The summed E-state index contributed by atoms with van der Waals surface area (Å²) in [5.41, 5.74) is 1.39. The topological polar surface area (TPSA) is 39.1 Å². The molecule has 0 aliphatic carbocycles. The van der Waals surface area contributed by atoms with Gasteiger partial charge in [0.25, 0.3) is 0 Å². The van der Waals surface area contributed by atoms with Crippen LogP contribution in [0.1, 0.15) is 29.0 Å². The molecular formula is C12H11NO2. The van der Waals surface area contributed by atoms with Crippen molar-refractivity contribution in [3.05, 3.63) is 36.0 Å². The van der Waals surface area contributed by atoms with E-state index in [1.165, 1.54) is 18.4 Å². The third-order valence-corrected chi connectivity index (χ3v) is 2.43. The number of nitrogens with zero attached hydrogens (tertiary/aromatic N) is 1. The summed E-state index contributed by atoms with van der Waals surface area (Å²) in [6, 6.07) is 7.40. The second kappa shape index (κ2) is 3.35. The predicted molar refractivity (Wildman–Crippen MR) is 58.2 cm³/mol. The van der Waals surface area contributed by atoms with Crippen LogP contribution in [0.2, 0.25) is 0 Å². The summed E-state index contributed by atoms with van der Waals surface area (Å²) >= 11 is 0. The number of benzene rings is 1. The summed E-state index contributed by atoms with van der Waals surface area (Å²) in [4.78, 5) is 22.7. The Morgan fingerprint density at radius 3 is 2.40 bits per heavy atom. The van der Waals surface area contributed by atoms with Crippen molar-refractivity contribution in [1.82, 2.24) is 4.57 Å². The molecule has 0 saturated heterocycles. The van der Waals surface area contributed by atoms with Crippen LogP contribution < -0.4 is 0 Å². The molecule has 0 radical (unpaired) electrons. The third-order valence-electron chi connectivity index (χ3n) is 2.43. The Labute approximate surface area is 87.3 Å². The zero-order valence-electron chi connectivity index (χ0n) is 8.65. The van der Waals surface area contributed by atoms with Crippen molar-refractivity contribution in [2.75, 3.05) is 0 Å². The highest BCUT2D eigenvalue weighted by molar-refractivity contribution is 6.09. The Morgan fingerprint density at radius 2 is 1.80 bits per heavy atom. The maximum atomic E-state index is 11.4. The van der Waals surface area contributed by atoms with Crippen LogP contribution >= 0.6 is 0 Å². The standard InChI is InChI=1S/C12H11NO2/c1-8(14)11-7-13(9(2)15)12-6-4-3-5-10(11)12/h3-7H,1-2H3. The Balaban J connectivity index is 2.85. The number of Topliss-reactive ketones (excluding diaryl/α,β-unsaturated/α-hetero) is 1. The summed E-state index contributed by atoms with van der Waals surface area (Å²) in [7, 11) is 0. The number of carbonyl (C=O) groups excluding carboxylic acids is 2. The Bertz CT molecular complexity index is 504. The Hall–Kier alpha value is -1.90. The van der Waals surface area contributed by atoms with Gasteiger partial charge < -0.3 is 0 Å². The summed E-state index contributed by atoms with van der Waals surface area (Å²) in [5.74, 6) is -0.107. The molecule has 3 nitrogen and oxygen atoms in total. The fourth-order valence-corrected chi connectivity index (χ4v) is 1.72. The number of ketones is 1. The minimum atomic E-state index is -0.0845. The predicted octanol–water partition coefficient (Wildman–Crippen LogP) is 2.50. The van der Waals surface area contributed by atoms with Crippen LogP contribution in [-0.2, 0) is 0 Å². The second-order valence-corrected chi connectivity index (χ2v) is 3.51. The van der Waals surface area contributed by atoms with E-state index in [4.69, 9.17) is 0 Å². The molecule has 2 rings (SSSR count). The van der Waals surface area contributed by atoms with Crippen LogP contribution in [-0.4, -0.2) is 16.3 Å². The summed E-state index contributed by atoms with van der Waals surface area (Å²) in [5, 5.41) is 0.834. The highest BCUT2D eigenvalue weighted by Gasteiger charge is 2.12. The second-order valence-electron chi connectivity index (χ2n) is 3.51. The van der Waals surface area contributed by atoms with Crippen LogP contribution in [0.15, 0.2) is 30.5 Å². The Kier molecular flexibility index (Phi) is 2.15. The lowest BCUT2D eigenvalue weighted by atomic mass is 10.1. The first-order valence-corrected chi connectivity index (χ1v) is 4.73. The molecule has 15 heavy (non-hydrogen) atoms. The van der Waals surface area contributed by atoms with E-state index in [0.717, 1.165) is 10.9 Å². The number of fused-ring (bicyclic) bond motifs is 1. The van der Waals surface area contributed by atoms with E-state index in [2.05, 4.69) is 0 Å². The molecule has 0 aliphatic rings. The van der Waals surface area contributed by atoms with Crippen molar-refractivity contribution in [2.45, 2.75) is 13.8 Å². The van der Waals surface area contributed by atoms with Crippen molar-refractivity contribution >= 4 is 22.6 Å². The van der Waals surface area contributed by atoms with Gasteiger partial charge in [0, 0.05) is 24.1 Å². The number of carbonyl (C=O) groups is 2. The molecule has 0 amide bonds. The van der Waals surface area contributed by atoms with Gasteiger partial charge in [-0.3, -0.25) is 14.2 Å². The van der Waals surface area contributed by atoms with Gasteiger partial charge in [0.05, 0.1) is 5.52 Å². The smallest absolute Gasteiger partial charge is 0.227 e. The van der Waals surface area contributed by atoms with E-state index in [-0.39, 0.29) is 11.7 Å². The number of rotatable bonds is 1. The summed E-state index contributed by atoms with van der Waals surface area (Å²) in [6.07, 6.45) is 1.61. The van der Waals surface area contributed by atoms with Crippen LogP contribution in [0.3, 0.4) is 0 Å². The van der Waals surface area contributed by atoms with Crippen molar-refractivity contribution in [3.8, 4) is 0 Å². The third kappa shape index (κ3) is 1.46. The molecule has 0 N–H and O–H groups in total. The van der Waals surface area contributed by atoms with Crippen LogP contribution in [0, 0.1) is 0 Å². The van der Waals surface area contributed by atoms with Crippen molar-refractivity contribution < 1.29 is 9.59 Å². The normalized spacial score (nSPS) is 10.5.